The van der Waals surface area contributed by atoms with Gasteiger partial charge in [0.1, 0.15) is 21.8 Å². The molecular formula is C21H26N4O2S2. The van der Waals surface area contributed by atoms with E-state index in [1.165, 1.54) is 16.7 Å². The van der Waals surface area contributed by atoms with Crippen LogP contribution in [0.4, 0.5) is 5.82 Å². The van der Waals surface area contributed by atoms with Gasteiger partial charge in [0, 0.05) is 32.2 Å². The van der Waals surface area contributed by atoms with Crippen LogP contribution in [0.1, 0.15) is 49.8 Å². The number of nitrogens with zero attached hydrogens (tertiary/aromatic N) is 4. The van der Waals surface area contributed by atoms with E-state index in [-0.39, 0.29) is 17.0 Å². The van der Waals surface area contributed by atoms with Crippen molar-refractivity contribution >= 4 is 46.1 Å². The van der Waals surface area contributed by atoms with Gasteiger partial charge in [-0.05, 0) is 43.7 Å². The number of hydrogen-bond donors (Lipinski definition) is 0. The number of hydrogen-bond acceptors (Lipinski definition) is 6. The quantitative estimate of drug-likeness (QED) is 0.538. The summed E-state index contributed by atoms with van der Waals surface area (Å²) in [6, 6.07) is 2.09. The molecule has 0 bridgehead atoms. The molecule has 0 aliphatic carbocycles. The Labute approximate surface area is 181 Å². The molecule has 2 fully saturated rings. The third-order valence-electron chi connectivity index (χ3n) is 5.51. The lowest BCUT2D eigenvalue weighted by molar-refractivity contribution is -0.121. The second-order valence-corrected chi connectivity index (χ2v) is 9.42. The topological polar surface area (TPSA) is 69.3 Å². The molecule has 2 aliphatic rings. The van der Waals surface area contributed by atoms with E-state index in [1.807, 2.05) is 13.0 Å². The van der Waals surface area contributed by atoms with Gasteiger partial charge >= 0.3 is 0 Å². The third-order valence-corrected chi connectivity index (χ3v) is 7.00. The van der Waals surface area contributed by atoms with Crippen LogP contribution < -0.4 is 10.5 Å². The Balaban J connectivity index is 2.29. The van der Waals surface area contributed by atoms with E-state index >= 15 is 0 Å². The van der Waals surface area contributed by atoms with E-state index in [0.717, 1.165) is 43.7 Å². The molecular weight excluding hydrogens is 404 g/mol. The van der Waals surface area contributed by atoms with Crippen LogP contribution in [0.3, 0.4) is 0 Å². The van der Waals surface area contributed by atoms with E-state index < -0.39 is 0 Å². The highest BCUT2D eigenvalue weighted by Gasteiger charge is 2.31. The first kappa shape index (κ1) is 21.6. The number of likely N-dealkylation sites (N-methyl/N-ethyl adjacent to an activating group) is 1. The molecule has 6 nitrogen and oxygen atoms in total. The molecule has 8 heteroatoms. The second kappa shape index (κ2) is 8.72. The minimum Gasteiger partial charge on any atom is -0.357 e. The summed E-state index contributed by atoms with van der Waals surface area (Å²) in [6.07, 6.45) is 4.81. The summed E-state index contributed by atoms with van der Waals surface area (Å²) in [5, 5.41) is 9.66. The molecule has 0 radical (unpaired) electrons. The number of carbonyl (C=O) groups excluding carboxylic acids is 1. The Bertz CT molecular complexity index is 990. The van der Waals surface area contributed by atoms with Crippen molar-refractivity contribution in [2.24, 2.45) is 5.92 Å². The van der Waals surface area contributed by atoms with Gasteiger partial charge in [-0.1, -0.05) is 37.8 Å². The SMILES string of the molecule is CCCn1c(N2CCCC(C)C2)c(/C=C2\SC(=S)N(C)C2=O)c(C)c(C#N)c1=O. The summed E-state index contributed by atoms with van der Waals surface area (Å²) in [5.74, 6) is 1.19. The Hall–Kier alpha value is -2.11. The van der Waals surface area contributed by atoms with E-state index in [1.54, 1.807) is 18.5 Å². The number of nitriles is 1. The van der Waals surface area contributed by atoms with Crippen molar-refractivity contribution in [3.8, 4) is 6.07 Å². The maximum absolute atomic E-state index is 13.1. The van der Waals surface area contributed by atoms with Gasteiger partial charge in [-0.25, -0.2) is 0 Å². The lowest BCUT2D eigenvalue weighted by Crippen LogP contribution is -2.40. The maximum Gasteiger partial charge on any atom is 0.270 e. The van der Waals surface area contributed by atoms with Gasteiger partial charge < -0.3 is 4.90 Å². The van der Waals surface area contributed by atoms with Crippen molar-refractivity contribution in [2.75, 3.05) is 25.0 Å². The number of piperidine rings is 1. The van der Waals surface area contributed by atoms with Gasteiger partial charge in [-0.3, -0.25) is 19.1 Å². The van der Waals surface area contributed by atoms with Crippen molar-refractivity contribution < 1.29 is 4.79 Å². The minimum atomic E-state index is -0.250. The molecule has 29 heavy (non-hydrogen) atoms. The first-order valence-electron chi connectivity index (χ1n) is 9.94. The normalized spacial score (nSPS) is 21.2. The number of anilines is 1. The molecule has 1 amide bonds. The number of thioether (sulfide) groups is 1. The van der Waals surface area contributed by atoms with E-state index in [4.69, 9.17) is 12.2 Å². The summed E-state index contributed by atoms with van der Waals surface area (Å²) in [4.78, 5) is 29.9. The average molecular weight is 431 g/mol. The predicted molar refractivity (Wildman–Crippen MR) is 122 cm³/mol. The molecule has 3 heterocycles. The zero-order valence-corrected chi connectivity index (χ0v) is 19.0. The van der Waals surface area contributed by atoms with Crippen LogP contribution >= 0.6 is 24.0 Å². The monoisotopic (exact) mass is 430 g/mol. The molecule has 2 aliphatic heterocycles. The smallest absolute Gasteiger partial charge is 0.270 e. The van der Waals surface area contributed by atoms with Gasteiger partial charge in [0.05, 0.1) is 4.91 Å². The largest absolute Gasteiger partial charge is 0.357 e. The van der Waals surface area contributed by atoms with Crippen LogP contribution in [0, 0.1) is 24.2 Å². The number of amides is 1. The summed E-state index contributed by atoms with van der Waals surface area (Å²) in [5.41, 5.74) is 1.29. The molecule has 0 saturated carbocycles. The van der Waals surface area contributed by atoms with Crippen molar-refractivity contribution in [1.82, 2.24) is 9.47 Å². The molecule has 0 N–H and O–H groups in total. The van der Waals surface area contributed by atoms with Crippen molar-refractivity contribution in [1.29, 1.82) is 5.26 Å². The molecule has 1 atom stereocenters. The first-order chi connectivity index (χ1) is 13.8. The summed E-state index contributed by atoms with van der Waals surface area (Å²) in [7, 11) is 1.66. The highest BCUT2D eigenvalue weighted by atomic mass is 32.2. The zero-order chi connectivity index (χ0) is 21.3. The van der Waals surface area contributed by atoms with Crippen LogP contribution in [0.2, 0.25) is 0 Å². The Morgan fingerprint density at radius 3 is 2.66 bits per heavy atom. The molecule has 3 rings (SSSR count). The highest BCUT2D eigenvalue weighted by molar-refractivity contribution is 8.26. The zero-order valence-electron chi connectivity index (χ0n) is 17.3. The van der Waals surface area contributed by atoms with Crippen molar-refractivity contribution in [3.63, 3.8) is 0 Å². The van der Waals surface area contributed by atoms with Crippen LogP contribution in [-0.4, -0.2) is 39.8 Å². The lowest BCUT2D eigenvalue weighted by atomic mass is 9.98. The Morgan fingerprint density at radius 2 is 2.10 bits per heavy atom. The van der Waals surface area contributed by atoms with Crippen LogP contribution in [0.5, 0.6) is 0 Å². The molecule has 154 valence electrons. The summed E-state index contributed by atoms with van der Waals surface area (Å²) >= 11 is 6.52. The minimum absolute atomic E-state index is 0.144. The fourth-order valence-corrected chi connectivity index (χ4v) is 5.14. The van der Waals surface area contributed by atoms with Gasteiger partial charge in [0.25, 0.3) is 11.5 Å². The van der Waals surface area contributed by atoms with E-state index in [9.17, 15) is 14.9 Å². The highest BCUT2D eigenvalue weighted by Crippen LogP contribution is 2.36. The second-order valence-electron chi connectivity index (χ2n) is 7.74. The van der Waals surface area contributed by atoms with Gasteiger partial charge in [0.15, 0.2) is 0 Å². The first-order valence-corrected chi connectivity index (χ1v) is 11.2. The van der Waals surface area contributed by atoms with Crippen LogP contribution in [0.25, 0.3) is 6.08 Å². The molecule has 1 unspecified atom stereocenters. The summed E-state index contributed by atoms with van der Waals surface area (Å²) in [6.45, 7) is 8.27. The Morgan fingerprint density at radius 1 is 1.38 bits per heavy atom. The lowest BCUT2D eigenvalue weighted by Gasteiger charge is -2.36. The number of aromatic nitrogens is 1. The van der Waals surface area contributed by atoms with Gasteiger partial charge in [-0.2, -0.15) is 5.26 Å². The molecule has 1 aromatic heterocycles. The van der Waals surface area contributed by atoms with Gasteiger partial charge in [-0.15, -0.1) is 0 Å². The van der Waals surface area contributed by atoms with E-state index in [0.29, 0.717) is 27.3 Å². The standard InChI is InChI=1S/C21H26N4O2S2/c1-5-8-25-18(24-9-6-7-13(2)12-24)15(14(3)16(11-22)19(25)26)10-17-20(27)23(4)21(28)29-17/h10,13H,5-9,12H2,1-4H3/b17-10-. The molecule has 1 aromatic rings. The fraction of sp³-hybridized carbons (Fsp3) is 0.524. The molecule has 2 saturated heterocycles. The Kier molecular flexibility index (Phi) is 6.49. The molecule has 0 aromatic carbocycles. The average Bonchev–Trinajstić information content (AvgIpc) is 2.93. The van der Waals surface area contributed by atoms with Gasteiger partial charge in [0.2, 0.25) is 0 Å². The predicted octanol–water partition coefficient (Wildman–Crippen LogP) is 3.51. The third kappa shape index (κ3) is 3.99. The van der Waals surface area contributed by atoms with Crippen LogP contribution in [-0.2, 0) is 11.3 Å². The summed E-state index contributed by atoms with van der Waals surface area (Å²) < 4.78 is 2.23. The van der Waals surface area contributed by atoms with Crippen molar-refractivity contribution in [3.05, 3.63) is 31.9 Å². The number of thiocarbonyl (C=S) groups is 1. The fourth-order valence-electron chi connectivity index (χ4n) is 3.97. The van der Waals surface area contributed by atoms with E-state index in [2.05, 4.69) is 17.9 Å². The molecule has 0 spiro atoms. The number of pyridine rings is 1. The number of carbonyl (C=O) groups is 1. The number of rotatable bonds is 4. The van der Waals surface area contributed by atoms with Crippen molar-refractivity contribution in [2.45, 2.75) is 46.6 Å². The van der Waals surface area contributed by atoms with Crippen LogP contribution in [0.15, 0.2) is 9.70 Å². The maximum atomic E-state index is 13.1.